The standard InChI is InChI=1S/C11H23N3/c1-9(2)13-10-4-3-5-14(8-10)11-6-12-7-11/h9-13H,3-8H2,1-2H3. The summed E-state index contributed by atoms with van der Waals surface area (Å²) < 4.78 is 0. The molecule has 0 amide bonds. The van der Waals surface area contributed by atoms with Crippen molar-refractivity contribution in [3.63, 3.8) is 0 Å². The molecule has 3 heteroatoms. The van der Waals surface area contributed by atoms with Gasteiger partial charge in [0.15, 0.2) is 0 Å². The molecule has 2 aliphatic heterocycles. The summed E-state index contributed by atoms with van der Waals surface area (Å²) in [5, 5.41) is 7.00. The number of hydrogen-bond acceptors (Lipinski definition) is 3. The van der Waals surface area contributed by atoms with E-state index < -0.39 is 0 Å². The second kappa shape index (κ2) is 4.60. The van der Waals surface area contributed by atoms with Gasteiger partial charge in [-0.25, -0.2) is 0 Å². The van der Waals surface area contributed by atoms with Crippen LogP contribution in [0, 0.1) is 0 Å². The van der Waals surface area contributed by atoms with Crippen LogP contribution in [0.4, 0.5) is 0 Å². The van der Waals surface area contributed by atoms with Crippen molar-refractivity contribution in [1.29, 1.82) is 0 Å². The molecule has 2 saturated heterocycles. The smallest absolute Gasteiger partial charge is 0.0346 e. The molecule has 82 valence electrons. The zero-order chi connectivity index (χ0) is 9.97. The molecule has 0 radical (unpaired) electrons. The molecule has 14 heavy (non-hydrogen) atoms. The number of nitrogens with one attached hydrogen (secondary N) is 2. The Morgan fingerprint density at radius 3 is 2.71 bits per heavy atom. The summed E-state index contributed by atoms with van der Waals surface area (Å²) in [7, 11) is 0. The van der Waals surface area contributed by atoms with Crippen molar-refractivity contribution in [2.45, 2.75) is 44.8 Å². The van der Waals surface area contributed by atoms with Gasteiger partial charge < -0.3 is 10.6 Å². The lowest BCUT2D eigenvalue weighted by molar-refractivity contribution is 0.0998. The first-order chi connectivity index (χ1) is 6.75. The van der Waals surface area contributed by atoms with E-state index in [9.17, 15) is 0 Å². The van der Waals surface area contributed by atoms with E-state index in [0.717, 1.165) is 12.1 Å². The minimum absolute atomic E-state index is 0.625. The lowest BCUT2D eigenvalue weighted by Gasteiger charge is -2.43. The molecule has 0 saturated carbocycles. The molecule has 3 nitrogen and oxygen atoms in total. The van der Waals surface area contributed by atoms with Gasteiger partial charge >= 0.3 is 0 Å². The van der Waals surface area contributed by atoms with Gasteiger partial charge in [-0.3, -0.25) is 4.90 Å². The number of rotatable bonds is 3. The summed E-state index contributed by atoms with van der Waals surface area (Å²) in [6.07, 6.45) is 2.72. The van der Waals surface area contributed by atoms with Crippen molar-refractivity contribution in [3.05, 3.63) is 0 Å². The van der Waals surface area contributed by atoms with Gasteiger partial charge in [-0.1, -0.05) is 13.8 Å². The third kappa shape index (κ3) is 2.47. The Labute approximate surface area is 87.2 Å². The van der Waals surface area contributed by atoms with Gasteiger partial charge in [-0.05, 0) is 19.4 Å². The first kappa shape index (κ1) is 10.4. The molecule has 2 N–H and O–H groups in total. The Kier molecular flexibility index (Phi) is 3.42. The van der Waals surface area contributed by atoms with Crippen LogP contribution < -0.4 is 10.6 Å². The average molecular weight is 197 g/mol. The van der Waals surface area contributed by atoms with Crippen molar-refractivity contribution in [1.82, 2.24) is 15.5 Å². The van der Waals surface area contributed by atoms with E-state index in [2.05, 4.69) is 29.4 Å². The maximum Gasteiger partial charge on any atom is 0.0346 e. The lowest BCUT2D eigenvalue weighted by atomic mass is 10.0. The summed E-state index contributed by atoms with van der Waals surface area (Å²) in [5.41, 5.74) is 0. The minimum atomic E-state index is 0.625. The van der Waals surface area contributed by atoms with Crippen LogP contribution in [0.15, 0.2) is 0 Å². The summed E-state index contributed by atoms with van der Waals surface area (Å²) >= 11 is 0. The van der Waals surface area contributed by atoms with Crippen LogP contribution in [0.2, 0.25) is 0 Å². The molecule has 1 unspecified atom stereocenters. The summed E-state index contributed by atoms with van der Waals surface area (Å²) in [6.45, 7) is 9.45. The lowest BCUT2D eigenvalue weighted by Crippen LogP contribution is -2.61. The fourth-order valence-corrected chi connectivity index (χ4v) is 2.48. The van der Waals surface area contributed by atoms with Crippen molar-refractivity contribution in [2.75, 3.05) is 26.2 Å². The predicted octanol–water partition coefficient (Wildman–Crippen LogP) is 0.421. The van der Waals surface area contributed by atoms with Crippen molar-refractivity contribution in [2.24, 2.45) is 0 Å². The maximum absolute atomic E-state index is 3.65. The fraction of sp³-hybridized carbons (Fsp3) is 1.00. The summed E-state index contributed by atoms with van der Waals surface area (Å²) in [6, 6.07) is 2.18. The molecule has 0 bridgehead atoms. The quantitative estimate of drug-likeness (QED) is 0.687. The first-order valence-electron chi connectivity index (χ1n) is 5.96. The van der Waals surface area contributed by atoms with Crippen LogP contribution in [-0.4, -0.2) is 49.2 Å². The van der Waals surface area contributed by atoms with Crippen LogP contribution in [0.25, 0.3) is 0 Å². The van der Waals surface area contributed by atoms with Crippen LogP contribution >= 0.6 is 0 Å². The van der Waals surface area contributed by atoms with E-state index in [1.54, 1.807) is 0 Å². The SMILES string of the molecule is CC(C)NC1CCCN(C2CNC2)C1. The Morgan fingerprint density at radius 2 is 2.14 bits per heavy atom. The van der Waals surface area contributed by atoms with Gasteiger partial charge in [0.05, 0.1) is 0 Å². The largest absolute Gasteiger partial charge is 0.314 e. The Balaban J connectivity index is 1.77. The second-order valence-electron chi connectivity index (χ2n) is 4.97. The van der Waals surface area contributed by atoms with Gasteiger partial charge in [-0.15, -0.1) is 0 Å². The number of piperidine rings is 1. The molecule has 2 rings (SSSR count). The molecule has 0 aromatic carbocycles. The molecule has 2 heterocycles. The highest BCUT2D eigenvalue weighted by Crippen LogP contribution is 2.15. The van der Waals surface area contributed by atoms with Gasteiger partial charge in [0.25, 0.3) is 0 Å². The van der Waals surface area contributed by atoms with Crippen molar-refractivity contribution < 1.29 is 0 Å². The zero-order valence-electron chi connectivity index (χ0n) is 9.42. The highest BCUT2D eigenvalue weighted by Gasteiger charge is 2.29. The Hall–Kier alpha value is -0.120. The first-order valence-corrected chi connectivity index (χ1v) is 5.96. The van der Waals surface area contributed by atoms with E-state index in [1.165, 1.54) is 39.0 Å². The van der Waals surface area contributed by atoms with Gasteiger partial charge in [-0.2, -0.15) is 0 Å². The number of hydrogen-bond donors (Lipinski definition) is 2. The molecule has 2 aliphatic rings. The average Bonchev–Trinajstić information content (AvgIpc) is 1.99. The zero-order valence-corrected chi connectivity index (χ0v) is 9.42. The number of nitrogens with zero attached hydrogens (tertiary/aromatic N) is 1. The summed E-state index contributed by atoms with van der Waals surface area (Å²) in [5.74, 6) is 0. The normalized spacial score (nSPS) is 30.6. The molecule has 1 atom stereocenters. The topological polar surface area (TPSA) is 27.3 Å². The van der Waals surface area contributed by atoms with Crippen molar-refractivity contribution >= 4 is 0 Å². The van der Waals surface area contributed by atoms with Crippen LogP contribution in [0.3, 0.4) is 0 Å². The van der Waals surface area contributed by atoms with E-state index in [-0.39, 0.29) is 0 Å². The van der Waals surface area contributed by atoms with Gasteiger partial charge in [0, 0.05) is 37.8 Å². The third-order valence-electron chi connectivity index (χ3n) is 3.30. The highest BCUT2D eigenvalue weighted by atomic mass is 15.3. The molecule has 0 aromatic rings. The minimum Gasteiger partial charge on any atom is -0.314 e. The fourth-order valence-electron chi connectivity index (χ4n) is 2.48. The van der Waals surface area contributed by atoms with Crippen molar-refractivity contribution in [3.8, 4) is 0 Å². The molecule has 0 aromatic heterocycles. The molecule has 2 fully saturated rings. The van der Waals surface area contributed by atoms with E-state index in [4.69, 9.17) is 0 Å². The highest BCUT2D eigenvalue weighted by molar-refractivity contribution is 4.89. The van der Waals surface area contributed by atoms with Gasteiger partial charge in [0.1, 0.15) is 0 Å². The second-order valence-corrected chi connectivity index (χ2v) is 4.97. The van der Waals surface area contributed by atoms with E-state index >= 15 is 0 Å². The van der Waals surface area contributed by atoms with Gasteiger partial charge in [0.2, 0.25) is 0 Å². The number of likely N-dealkylation sites (tertiary alicyclic amines) is 1. The molecule has 0 spiro atoms. The van der Waals surface area contributed by atoms with E-state index in [1.807, 2.05) is 0 Å². The third-order valence-corrected chi connectivity index (χ3v) is 3.30. The monoisotopic (exact) mass is 197 g/mol. The van der Waals surface area contributed by atoms with Crippen LogP contribution in [0.1, 0.15) is 26.7 Å². The predicted molar refractivity (Wildman–Crippen MR) is 59.5 cm³/mol. The Morgan fingerprint density at radius 1 is 1.36 bits per heavy atom. The maximum atomic E-state index is 3.65. The molecular weight excluding hydrogens is 174 g/mol. The molecule has 0 aliphatic carbocycles. The Bertz CT molecular complexity index is 177. The molecular formula is C11H23N3. The van der Waals surface area contributed by atoms with Crippen LogP contribution in [0.5, 0.6) is 0 Å². The van der Waals surface area contributed by atoms with Crippen LogP contribution in [-0.2, 0) is 0 Å². The summed E-state index contributed by atoms with van der Waals surface area (Å²) in [4.78, 5) is 2.65. The van der Waals surface area contributed by atoms with E-state index in [0.29, 0.717) is 6.04 Å².